The Morgan fingerprint density at radius 3 is 2.79 bits per heavy atom. The lowest BCUT2D eigenvalue weighted by molar-refractivity contribution is 0.180. The summed E-state index contributed by atoms with van der Waals surface area (Å²) in [5.41, 5.74) is 1.42. The van der Waals surface area contributed by atoms with Gasteiger partial charge in [-0.15, -0.1) is 0 Å². The van der Waals surface area contributed by atoms with Gasteiger partial charge in [-0.05, 0) is 17.7 Å². The summed E-state index contributed by atoms with van der Waals surface area (Å²) in [6, 6.07) is 5.24. The Balaban J connectivity index is 2.18. The van der Waals surface area contributed by atoms with Crippen molar-refractivity contribution in [1.82, 2.24) is 4.72 Å². The summed E-state index contributed by atoms with van der Waals surface area (Å²) in [5, 5.41) is 9.91. The van der Waals surface area contributed by atoms with Crippen molar-refractivity contribution in [2.24, 2.45) is 0 Å². The number of hydrogen-bond acceptors (Lipinski definition) is 4. The van der Waals surface area contributed by atoms with Gasteiger partial charge in [0.2, 0.25) is 0 Å². The maximum Gasteiger partial charge on any atom is 0.333 e. The molecule has 2 rings (SSSR count). The standard InChI is InChI=1S/C12H17NO5S/c1-12(2)7-18-11-4-3-8(5-9(11)12)10(14)6-13-19(15,16)17/h3-5,10,13-14H,6-7H2,1-2H3,(H,15,16,17). The van der Waals surface area contributed by atoms with E-state index in [9.17, 15) is 13.5 Å². The number of benzene rings is 1. The van der Waals surface area contributed by atoms with Crippen molar-refractivity contribution >= 4 is 10.3 Å². The topological polar surface area (TPSA) is 95.9 Å². The molecule has 1 aromatic carbocycles. The lowest BCUT2D eigenvalue weighted by Gasteiger charge is -2.17. The van der Waals surface area contributed by atoms with Crippen molar-refractivity contribution < 1.29 is 22.8 Å². The van der Waals surface area contributed by atoms with Crippen molar-refractivity contribution in [2.45, 2.75) is 25.4 Å². The molecule has 1 heterocycles. The lowest BCUT2D eigenvalue weighted by atomic mass is 9.85. The molecule has 0 amide bonds. The molecule has 1 unspecified atom stereocenters. The molecule has 106 valence electrons. The highest BCUT2D eigenvalue weighted by atomic mass is 32.2. The lowest BCUT2D eigenvalue weighted by Crippen LogP contribution is -2.27. The first kappa shape index (κ1) is 14.3. The summed E-state index contributed by atoms with van der Waals surface area (Å²) in [5.74, 6) is 0.781. The first-order valence-corrected chi connectivity index (χ1v) is 7.30. The molecule has 1 aliphatic rings. The zero-order chi connectivity index (χ0) is 14.3. The van der Waals surface area contributed by atoms with E-state index < -0.39 is 16.4 Å². The minimum absolute atomic E-state index is 0.137. The van der Waals surface area contributed by atoms with Crippen LogP contribution in [-0.4, -0.2) is 31.2 Å². The monoisotopic (exact) mass is 287 g/mol. The van der Waals surface area contributed by atoms with Crippen LogP contribution >= 0.6 is 0 Å². The molecular formula is C12H17NO5S. The molecule has 0 radical (unpaired) electrons. The predicted molar refractivity (Wildman–Crippen MR) is 69.5 cm³/mol. The highest BCUT2D eigenvalue weighted by Gasteiger charge is 2.32. The molecule has 0 fully saturated rings. The number of nitrogens with one attached hydrogen (secondary N) is 1. The Hall–Kier alpha value is -1.15. The van der Waals surface area contributed by atoms with E-state index in [1.54, 1.807) is 18.2 Å². The van der Waals surface area contributed by atoms with Gasteiger partial charge < -0.3 is 9.84 Å². The molecule has 0 spiro atoms. The second kappa shape index (κ2) is 4.75. The molecule has 0 saturated heterocycles. The first-order valence-electron chi connectivity index (χ1n) is 5.86. The van der Waals surface area contributed by atoms with E-state index in [1.165, 1.54) is 0 Å². The van der Waals surface area contributed by atoms with E-state index in [0.29, 0.717) is 12.2 Å². The van der Waals surface area contributed by atoms with Crippen molar-refractivity contribution in [3.8, 4) is 5.75 Å². The number of rotatable bonds is 4. The fourth-order valence-corrected chi connectivity index (χ4v) is 2.42. The van der Waals surface area contributed by atoms with Crippen LogP contribution in [0.25, 0.3) is 0 Å². The van der Waals surface area contributed by atoms with E-state index in [1.807, 2.05) is 18.6 Å². The minimum Gasteiger partial charge on any atom is -0.492 e. The number of aliphatic hydroxyl groups excluding tert-OH is 1. The smallest absolute Gasteiger partial charge is 0.333 e. The van der Waals surface area contributed by atoms with Gasteiger partial charge in [0.15, 0.2) is 0 Å². The fraction of sp³-hybridized carbons (Fsp3) is 0.500. The molecule has 1 aromatic rings. The van der Waals surface area contributed by atoms with Gasteiger partial charge in [0.05, 0.1) is 12.7 Å². The van der Waals surface area contributed by atoms with Gasteiger partial charge in [-0.25, -0.2) is 0 Å². The largest absolute Gasteiger partial charge is 0.492 e. The Kier molecular flexibility index (Phi) is 3.57. The normalized spacial score (nSPS) is 18.7. The molecule has 0 saturated carbocycles. The van der Waals surface area contributed by atoms with Crippen LogP contribution in [0.4, 0.5) is 0 Å². The number of ether oxygens (including phenoxy) is 1. The van der Waals surface area contributed by atoms with Crippen LogP contribution < -0.4 is 9.46 Å². The third-order valence-corrected chi connectivity index (χ3v) is 3.70. The molecule has 6 nitrogen and oxygen atoms in total. The van der Waals surface area contributed by atoms with Gasteiger partial charge in [0, 0.05) is 17.5 Å². The van der Waals surface area contributed by atoms with Crippen LogP contribution in [-0.2, 0) is 15.7 Å². The SMILES string of the molecule is CC1(C)COc2ccc(C(O)CNS(=O)(=O)O)cc21. The summed E-state index contributed by atoms with van der Waals surface area (Å²) in [7, 11) is -4.30. The average molecular weight is 287 g/mol. The Labute approximate surface area is 112 Å². The molecule has 0 aliphatic carbocycles. The molecule has 3 N–H and O–H groups in total. The summed E-state index contributed by atoms with van der Waals surface area (Å²) in [6.45, 7) is 4.36. The second-order valence-corrected chi connectivity index (χ2v) is 6.51. The maximum absolute atomic E-state index is 10.6. The number of hydrogen-bond donors (Lipinski definition) is 3. The van der Waals surface area contributed by atoms with Crippen molar-refractivity contribution in [2.75, 3.05) is 13.2 Å². The third-order valence-electron chi connectivity index (χ3n) is 3.17. The number of aliphatic hydroxyl groups is 1. The van der Waals surface area contributed by atoms with Crippen molar-refractivity contribution in [3.63, 3.8) is 0 Å². The Bertz CT molecular complexity index is 582. The van der Waals surface area contributed by atoms with Gasteiger partial charge in [0.1, 0.15) is 5.75 Å². The quantitative estimate of drug-likeness (QED) is 0.711. The summed E-state index contributed by atoms with van der Waals surface area (Å²) < 4.78 is 37.1. The zero-order valence-electron chi connectivity index (χ0n) is 10.8. The molecule has 1 aliphatic heterocycles. The minimum atomic E-state index is -4.30. The Morgan fingerprint density at radius 1 is 1.47 bits per heavy atom. The molecule has 1 atom stereocenters. The molecule has 7 heteroatoms. The molecule has 0 bridgehead atoms. The van der Waals surface area contributed by atoms with E-state index in [-0.39, 0.29) is 12.0 Å². The van der Waals surface area contributed by atoms with Crippen molar-refractivity contribution in [1.29, 1.82) is 0 Å². The van der Waals surface area contributed by atoms with E-state index in [0.717, 1.165) is 11.3 Å². The van der Waals surface area contributed by atoms with Gasteiger partial charge in [-0.3, -0.25) is 4.55 Å². The highest BCUT2D eigenvalue weighted by molar-refractivity contribution is 7.83. The summed E-state index contributed by atoms with van der Waals surface area (Å²) >= 11 is 0. The van der Waals surface area contributed by atoms with Gasteiger partial charge in [-0.2, -0.15) is 13.1 Å². The van der Waals surface area contributed by atoms with Crippen LogP contribution in [0.15, 0.2) is 18.2 Å². The fourth-order valence-electron chi connectivity index (χ4n) is 2.05. The van der Waals surface area contributed by atoms with Crippen LogP contribution in [0.5, 0.6) is 5.75 Å². The zero-order valence-corrected chi connectivity index (χ0v) is 11.6. The van der Waals surface area contributed by atoms with Crippen LogP contribution in [0.1, 0.15) is 31.1 Å². The van der Waals surface area contributed by atoms with Crippen LogP contribution in [0, 0.1) is 0 Å². The van der Waals surface area contributed by atoms with Crippen LogP contribution in [0.2, 0.25) is 0 Å². The summed E-state index contributed by atoms with van der Waals surface area (Å²) in [6.07, 6.45) is -1.02. The molecular weight excluding hydrogens is 270 g/mol. The van der Waals surface area contributed by atoms with Gasteiger partial charge in [0.25, 0.3) is 0 Å². The predicted octanol–water partition coefficient (Wildman–Crippen LogP) is 0.782. The van der Waals surface area contributed by atoms with E-state index in [2.05, 4.69) is 0 Å². The second-order valence-electron chi connectivity index (χ2n) is 5.27. The van der Waals surface area contributed by atoms with Gasteiger partial charge in [-0.1, -0.05) is 19.9 Å². The summed E-state index contributed by atoms with van der Waals surface area (Å²) in [4.78, 5) is 0. The highest BCUT2D eigenvalue weighted by Crippen LogP contribution is 2.39. The molecule has 0 aromatic heterocycles. The number of fused-ring (bicyclic) bond motifs is 1. The third kappa shape index (κ3) is 3.24. The van der Waals surface area contributed by atoms with Crippen molar-refractivity contribution in [3.05, 3.63) is 29.3 Å². The van der Waals surface area contributed by atoms with Gasteiger partial charge >= 0.3 is 10.3 Å². The van der Waals surface area contributed by atoms with E-state index >= 15 is 0 Å². The van der Waals surface area contributed by atoms with E-state index in [4.69, 9.17) is 9.29 Å². The molecule has 19 heavy (non-hydrogen) atoms. The maximum atomic E-state index is 10.6. The average Bonchev–Trinajstić information content (AvgIpc) is 2.61. The Morgan fingerprint density at radius 2 is 2.16 bits per heavy atom. The first-order chi connectivity index (χ1) is 8.69. The van der Waals surface area contributed by atoms with Crippen LogP contribution in [0.3, 0.4) is 0 Å².